The summed E-state index contributed by atoms with van der Waals surface area (Å²) in [6, 6.07) is 11.8. The average Bonchev–Trinajstić information content (AvgIpc) is 2.89. The highest BCUT2D eigenvalue weighted by molar-refractivity contribution is 5.99. The van der Waals surface area contributed by atoms with E-state index in [1.165, 1.54) is 0 Å². The molecule has 226 valence electrons. The largest absolute Gasteiger partial charge is 0.444 e. The summed E-state index contributed by atoms with van der Waals surface area (Å²) in [5.41, 5.74) is 3.61. The Bertz CT molecular complexity index is 1150. The minimum Gasteiger partial charge on any atom is -0.444 e. The van der Waals surface area contributed by atoms with Crippen LogP contribution >= 0.6 is 0 Å². The highest BCUT2D eigenvalue weighted by Crippen LogP contribution is 2.31. The first-order chi connectivity index (χ1) is 19.3. The maximum atomic E-state index is 14.5. The molecule has 0 aliphatic heterocycles. The number of hydrogen-bond acceptors (Lipinski definition) is 4. The summed E-state index contributed by atoms with van der Waals surface area (Å²) in [6.45, 7) is 17.7. The topological polar surface area (TPSA) is 87.7 Å². The highest BCUT2D eigenvalue weighted by Gasteiger charge is 2.39. The van der Waals surface area contributed by atoms with E-state index in [1.54, 1.807) is 25.7 Å². The number of para-hydroxylation sites is 1. The molecule has 0 saturated carbocycles. The molecule has 0 saturated heterocycles. The van der Waals surface area contributed by atoms with Crippen LogP contribution in [0.2, 0.25) is 0 Å². The van der Waals surface area contributed by atoms with Gasteiger partial charge in [-0.1, -0.05) is 82.9 Å². The predicted octanol–water partition coefficient (Wildman–Crippen LogP) is 7.64. The van der Waals surface area contributed by atoms with Crippen LogP contribution in [0.5, 0.6) is 0 Å². The zero-order valence-electron chi connectivity index (χ0n) is 26.6. The Hall–Kier alpha value is -3.35. The SMILES string of the molecule is CCCCCCN(C(=O)C(NC(=O)OC(C)(C)C)C(C)CC)C(C(=O)Nc1ccccc1C)c1c(C)cccc1C. The molecular weight excluding hydrogens is 514 g/mol. The molecule has 41 heavy (non-hydrogen) atoms. The molecule has 0 aliphatic rings. The van der Waals surface area contributed by atoms with Crippen molar-refractivity contribution in [3.8, 4) is 0 Å². The van der Waals surface area contributed by atoms with Crippen molar-refractivity contribution >= 4 is 23.6 Å². The molecule has 2 rings (SSSR count). The molecule has 7 heteroatoms. The Morgan fingerprint density at radius 2 is 1.49 bits per heavy atom. The Morgan fingerprint density at radius 3 is 2.05 bits per heavy atom. The van der Waals surface area contributed by atoms with Gasteiger partial charge in [0.05, 0.1) is 0 Å². The van der Waals surface area contributed by atoms with E-state index in [1.807, 2.05) is 77.1 Å². The fraction of sp³-hybridized carbons (Fsp3) is 0.559. The molecule has 0 radical (unpaired) electrons. The van der Waals surface area contributed by atoms with Gasteiger partial charge in [-0.3, -0.25) is 9.59 Å². The Labute approximate surface area is 247 Å². The van der Waals surface area contributed by atoms with Crippen LogP contribution in [-0.4, -0.2) is 41.0 Å². The minimum absolute atomic E-state index is 0.175. The van der Waals surface area contributed by atoms with Crippen LogP contribution in [0.25, 0.3) is 0 Å². The van der Waals surface area contributed by atoms with Gasteiger partial charge in [-0.15, -0.1) is 0 Å². The van der Waals surface area contributed by atoms with Gasteiger partial charge in [0, 0.05) is 12.2 Å². The van der Waals surface area contributed by atoms with E-state index in [9.17, 15) is 14.4 Å². The van der Waals surface area contributed by atoms with Crippen LogP contribution in [0.4, 0.5) is 10.5 Å². The first kappa shape index (κ1) is 33.9. The van der Waals surface area contributed by atoms with Crippen molar-refractivity contribution in [2.45, 2.75) is 112 Å². The first-order valence-corrected chi connectivity index (χ1v) is 15.0. The summed E-state index contributed by atoms with van der Waals surface area (Å²) >= 11 is 0. The second kappa shape index (κ2) is 15.6. The Balaban J connectivity index is 2.64. The lowest BCUT2D eigenvalue weighted by Crippen LogP contribution is -2.55. The monoisotopic (exact) mass is 565 g/mol. The third-order valence-corrected chi connectivity index (χ3v) is 7.47. The van der Waals surface area contributed by atoms with Crippen molar-refractivity contribution in [1.82, 2.24) is 10.2 Å². The highest BCUT2D eigenvalue weighted by atomic mass is 16.6. The lowest BCUT2D eigenvalue weighted by molar-refractivity contribution is -0.142. The Kier molecular flexibility index (Phi) is 12.9. The maximum absolute atomic E-state index is 14.5. The van der Waals surface area contributed by atoms with Gasteiger partial charge in [-0.05, 0) is 82.2 Å². The second-order valence-electron chi connectivity index (χ2n) is 12.1. The van der Waals surface area contributed by atoms with Gasteiger partial charge in [-0.25, -0.2) is 4.79 Å². The molecule has 0 heterocycles. The first-order valence-electron chi connectivity index (χ1n) is 15.0. The van der Waals surface area contributed by atoms with Crippen molar-refractivity contribution < 1.29 is 19.1 Å². The number of hydrogen-bond donors (Lipinski definition) is 2. The number of alkyl carbamates (subject to hydrolysis) is 1. The predicted molar refractivity (Wildman–Crippen MR) is 167 cm³/mol. The number of ether oxygens (including phenoxy) is 1. The number of aryl methyl sites for hydroxylation is 3. The van der Waals surface area contributed by atoms with Crippen molar-refractivity contribution in [3.05, 3.63) is 64.7 Å². The second-order valence-corrected chi connectivity index (χ2v) is 12.1. The van der Waals surface area contributed by atoms with Gasteiger partial charge >= 0.3 is 6.09 Å². The van der Waals surface area contributed by atoms with E-state index in [0.29, 0.717) is 18.7 Å². The molecule has 3 amide bonds. The van der Waals surface area contributed by atoms with Crippen LogP contribution in [0.15, 0.2) is 42.5 Å². The van der Waals surface area contributed by atoms with E-state index >= 15 is 0 Å². The molecule has 0 bridgehead atoms. The number of nitrogens with zero attached hydrogens (tertiary/aromatic N) is 1. The van der Waals surface area contributed by atoms with E-state index in [0.717, 1.165) is 47.9 Å². The third-order valence-electron chi connectivity index (χ3n) is 7.47. The van der Waals surface area contributed by atoms with Crippen LogP contribution in [0.1, 0.15) is 102 Å². The standard InChI is InChI=1S/C34H51N3O4/c1-10-12-13-16-22-37(32(39)29(23(3)11-2)36-33(40)41-34(7,8)9)30(28-25(5)19-17-20-26(28)6)31(38)35-27-21-15-14-18-24(27)4/h14-15,17-21,23,29-30H,10-13,16,22H2,1-9H3,(H,35,38)(H,36,40). The van der Waals surface area contributed by atoms with Crippen LogP contribution < -0.4 is 10.6 Å². The van der Waals surface area contributed by atoms with Gasteiger partial charge in [0.1, 0.15) is 17.7 Å². The number of anilines is 1. The number of rotatable bonds is 13. The normalized spacial score (nSPS) is 13.6. The van der Waals surface area contributed by atoms with E-state index in [2.05, 4.69) is 17.6 Å². The number of amides is 3. The molecule has 0 aliphatic carbocycles. The van der Waals surface area contributed by atoms with Crippen molar-refractivity contribution in [2.24, 2.45) is 5.92 Å². The van der Waals surface area contributed by atoms with Gasteiger partial charge in [0.15, 0.2) is 0 Å². The number of carbonyl (C=O) groups is 3. The van der Waals surface area contributed by atoms with Crippen molar-refractivity contribution in [2.75, 3.05) is 11.9 Å². The van der Waals surface area contributed by atoms with Gasteiger partial charge in [0.2, 0.25) is 5.91 Å². The molecule has 3 atom stereocenters. The molecule has 7 nitrogen and oxygen atoms in total. The Morgan fingerprint density at radius 1 is 0.878 bits per heavy atom. The lowest BCUT2D eigenvalue weighted by atomic mass is 9.91. The summed E-state index contributed by atoms with van der Waals surface area (Å²) in [4.78, 5) is 43.4. The zero-order valence-corrected chi connectivity index (χ0v) is 26.6. The van der Waals surface area contributed by atoms with E-state index < -0.39 is 23.8 Å². The van der Waals surface area contributed by atoms with Crippen LogP contribution in [0, 0.1) is 26.7 Å². The smallest absolute Gasteiger partial charge is 0.408 e. The summed E-state index contributed by atoms with van der Waals surface area (Å²) in [7, 11) is 0. The lowest BCUT2D eigenvalue weighted by Gasteiger charge is -2.37. The summed E-state index contributed by atoms with van der Waals surface area (Å²) in [5, 5.41) is 5.96. The molecule has 0 aromatic heterocycles. The van der Waals surface area contributed by atoms with Gasteiger partial charge in [-0.2, -0.15) is 0 Å². The van der Waals surface area contributed by atoms with Gasteiger partial charge in [0.25, 0.3) is 5.91 Å². The van der Waals surface area contributed by atoms with Crippen LogP contribution in [0.3, 0.4) is 0 Å². The van der Waals surface area contributed by atoms with Crippen molar-refractivity contribution in [3.63, 3.8) is 0 Å². The summed E-state index contributed by atoms with van der Waals surface area (Å²) in [6.07, 6.45) is 3.80. The summed E-state index contributed by atoms with van der Waals surface area (Å²) < 4.78 is 5.53. The number of unbranched alkanes of at least 4 members (excludes halogenated alkanes) is 3. The maximum Gasteiger partial charge on any atom is 0.408 e. The average molecular weight is 566 g/mol. The number of carbonyl (C=O) groups excluding carboxylic acids is 3. The third kappa shape index (κ3) is 9.91. The summed E-state index contributed by atoms with van der Waals surface area (Å²) in [5.74, 6) is -0.735. The molecule has 0 fully saturated rings. The molecule has 3 unspecified atom stereocenters. The fourth-order valence-corrected chi connectivity index (χ4v) is 4.97. The number of benzene rings is 2. The quantitative estimate of drug-likeness (QED) is 0.244. The zero-order chi connectivity index (χ0) is 30.7. The van der Waals surface area contributed by atoms with E-state index in [4.69, 9.17) is 4.74 Å². The van der Waals surface area contributed by atoms with Gasteiger partial charge < -0.3 is 20.3 Å². The molecule has 2 aromatic rings. The molecule has 0 spiro atoms. The minimum atomic E-state index is -0.878. The van der Waals surface area contributed by atoms with E-state index in [-0.39, 0.29) is 17.7 Å². The van der Waals surface area contributed by atoms with Crippen molar-refractivity contribution in [1.29, 1.82) is 0 Å². The number of nitrogens with one attached hydrogen (secondary N) is 2. The fourth-order valence-electron chi connectivity index (χ4n) is 4.97. The molecule has 2 N–H and O–H groups in total. The molecular formula is C34H51N3O4. The molecule has 2 aromatic carbocycles. The van der Waals surface area contributed by atoms with Crippen LogP contribution in [-0.2, 0) is 14.3 Å².